The first-order chi connectivity index (χ1) is 13.0. The quantitative estimate of drug-likeness (QED) is 0.769. The molecule has 3 rings (SSSR count). The Bertz CT molecular complexity index is 838. The SMILES string of the molecule is COC(=O)c1c(NC(=O)Cc2cccs2)sc(C(=O)N2CCOCC2)c1C. The number of anilines is 1. The fourth-order valence-electron chi connectivity index (χ4n) is 2.81. The molecule has 1 aliphatic heterocycles. The zero-order chi connectivity index (χ0) is 19.4. The summed E-state index contributed by atoms with van der Waals surface area (Å²) in [4.78, 5) is 40.5. The monoisotopic (exact) mass is 408 g/mol. The van der Waals surface area contributed by atoms with E-state index in [9.17, 15) is 14.4 Å². The van der Waals surface area contributed by atoms with E-state index in [4.69, 9.17) is 9.47 Å². The number of thiophene rings is 2. The van der Waals surface area contributed by atoms with E-state index in [-0.39, 0.29) is 23.8 Å². The predicted octanol–water partition coefficient (Wildman–Crippen LogP) is 2.56. The first-order valence-corrected chi connectivity index (χ1v) is 10.1. The van der Waals surface area contributed by atoms with Gasteiger partial charge in [0.05, 0.1) is 37.2 Å². The smallest absolute Gasteiger partial charge is 0.341 e. The van der Waals surface area contributed by atoms with Gasteiger partial charge >= 0.3 is 5.97 Å². The molecule has 0 spiro atoms. The maximum Gasteiger partial charge on any atom is 0.341 e. The third kappa shape index (κ3) is 4.37. The number of morpholine rings is 1. The van der Waals surface area contributed by atoms with Gasteiger partial charge in [0.25, 0.3) is 5.91 Å². The zero-order valence-electron chi connectivity index (χ0n) is 15.1. The number of rotatable bonds is 5. The summed E-state index contributed by atoms with van der Waals surface area (Å²) in [6, 6.07) is 3.75. The van der Waals surface area contributed by atoms with Crippen LogP contribution in [0.15, 0.2) is 17.5 Å². The summed E-state index contributed by atoms with van der Waals surface area (Å²) in [5, 5.41) is 5.02. The molecule has 3 heterocycles. The van der Waals surface area contributed by atoms with E-state index < -0.39 is 5.97 Å². The standard InChI is InChI=1S/C18H20N2O5S2/c1-11-14(18(23)24-2)16(19-13(21)10-12-4-3-9-26-12)27-15(11)17(22)20-5-7-25-8-6-20/h3-4,9H,5-8,10H2,1-2H3,(H,19,21). The molecule has 7 nitrogen and oxygen atoms in total. The number of esters is 1. The van der Waals surface area contributed by atoms with Gasteiger partial charge in [-0.25, -0.2) is 4.79 Å². The van der Waals surface area contributed by atoms with Crippen LogP contribution in [-0.2, 0) is 20.7 Å². The molecule has 0 atom stereocenters. The van der Waals surface area contributed by atoms with Gasteiger partial charge in [-0.05, 0) is 23.9 Å². The molecule has 0 unspecified atom stereocenters. The van der Waals surface area contributed by atoms with Crippen LogP contribution in [0.5, 0.6) is 0 Å². The third-order valence-electron chi connectivity index (χ3n) is 4.20. The molecule has 1 saturated heterocycles. The highest BCUT2D eigenvalue weighted by atomic mass is 32.1. The van der Waals surface area contributed by atoms with Crippen molar-refractivity contribution in [1.82, 2.24) is 4.90 Å². The van der Waals surface area contributed by atoms with Gasteiger partial charge in [0.2, 0.25) is 5.91 Å². The van der Waals surface area contributed by atoms with Crippen LogP contribution in [0.1, 0.15) is 30.5 Å². The summed E-state index contributed by atoms with van der Waals surface area (Å²) < 4.78 is 10.1. The Morgan fingerprint density at radius 1 is 1.30 bits per heavy atom. The van der Waals surface area contributed by atoms with Crippen molar-refractivity contribution in [2.75, 3.05) is 38.7 Å². The van der Waals surface area contributed by atoms with Gasteiger partial charge in [-0.15, -0.1) is 22.7 Å². The van der Waals surface area contributed by atoms with Crippen LogP contribution in [0.4, 0.5) is 5.00 Å². The Labute approximate surface area is 164 Å². The number of hydrogen-bond donors (Lipinski definition) is 1. The van der Waals surface area contributed by atoms with Crippen LogP contribution in [0.25, 0.3) is 0 Å². The van der Waals surface area contributed by atoms with Crippen molar-refractivity contribution < 1.29 is 23.9 Å². The summed E-state index contributed by atoms with van der Waals surface area (Å²) >= 11 is 2.60. The number of hydrogen-bond acceptors (Lipinski definition) is 7. The number of nitrogens with zero attached hydrogens (tertiary/aromatic N) is 1. The van der Waals surface area contributed by atoms with E-state index in [1.165, 1.54) is 18.4 Å². The van der Waals surface area contributed by atoms with Gasteiger partial charge in [0.15, 0.2) is 0 Å². The van der Waals surface area contributed by atoms with Crippen molar-refractivity contribution in [2.24, 2.45) is 0 Å². The molecule has 144 valence electrons. The van der Waals surface area contributed by atoms with E-state index >= 15 is 0 Å². The second kappa shape index (κ2) is 8.64. The minimum atomic E-state index is -0.573. The molecule has 27 heavy (non-hydrogen) atoms. The highest BCUT2D eigenvalue weighted by Gasteiger charge is 2.29. The Morgan fingerprint density at radius 2 is 2.04 bits per heavy atom. The van der Waals surface area contributed by atoms with Gasteiger partial charge in [-0.1, -0.05) is 6.07 Å². The average molecular weight is 409 g/mol. The summed E-state index contributed by atoms with van der Waals surface area (Å²) in [7, 11) is 1.28. The number of nitrogens with one attached hydrogen (secondary N) is 1. The van der Waals surface area contributed by atoms with Crippen molar-refractivity contribution in [2.45, 2.75) is 13.3 Å². The van der Waals surface area contributed by atoms with Crippen molar-refractivity contribution in [3.63, 3.8) is 0 Å². The van der Waals surface area contributed by atoms with Crippen LogP contribution in [0, 0.1) is 6.92 Å². The van der Waals surface area contributed by atoms with Gasteiger partial charge in [0, 0.05) is 18.0 Å². The predicted molar refractivity (Wildman–Crippen MR) is 104 cm³/mol. The van der Waals surface area contributed by atoms with E-state index in [2.05, 4.69) is 5.32 Å². The molecule has 1 fully saturated rings. The summed E-state index contributed by atoms with van der Waals surface area (Å²) in [5.41, 5.74) is 0.758. The van der Waals surface area contributed by atoms with Gasteiger partial charge in [-0.2, -0.15) is 0 Å². The number of carbonyl (C=O) groups is 3. The summed E-state index contributed by atoms with van der Waals surface area (Å²) in [6.07, 6.45) is 0.210. The molecule has 0 aliphatic carbocycles. The highest BCUT2D eigenvalue weighted by Crippen LogP contribution is 2.35. The Hall–Kier alpha value is -2.23. The van der Waals surface area contributed by atoms with Crippen LogP contribution >= 0.6 is 22.7 Å². The Balaban J connectivity index is 1.86. The summed E-state index contributed by atoms with van der Waals surface area (Å²) in [5.74, 6) is -0.977. The first-order valence-electron chi connectivity index (χ1n) is 8.42. The van der Waals surface area contributed by atoms with Crippen molar-refractivity contribution in [1.29, 1.82) is 0 Å². The summed E-state index contributed by atoms with van der Waals surface area (Å²) in [6.45, 7) is 3.69. The molecule has 1 aliphatic rings. The number of methoxy groups -OCH3 is 1. The maximum absolute atomic E-state index is 12.9. The van der Waals surface area contributed by atoms with Crippen molar-refractivity contribution in [3.05, 3.63) is 38.4 Å². The van der Waals surface area contributed by atoms with Crippen LogP contribution in [-0.4, -0.2) is 56.1 Å². The largest absolute Gasteiger partial charge is 0.465 e. The third-order valence-corrected chi connectivity index (χ3v) is 6.27. The Morgan fingerprint density at radius 3 is 2.67 bits per heavy atom. The lowest BCUT2D eigenvalue weighted by molar-refractivity contribution is -0.115. The fourth-order valence-corrected chi connectivity index (χ4v) is 4.69. The molecule has 2 amide bonds. The van der Waals surface area contributed by atoms with Crippen LogP contribution < -0.4 is 5.32 Å². The van der Waals surface area contributed by atoms with Crippen molar-refractivity contribution >= 4 is 45.5 Å². The number of amides is 2. The van der Waals surface area contributed by atoms with Gasteiger partial charge in [-0.3, -0.25) is 9.59 Å². The normalized spacial score (nSPS) is 14.1. The zero-order valence-corrected chi connectivity index (χ0v) is 16.7. The molecular formula is C18H20N2O5S2. The van der Waals surface area contributed by atoms with E-state index in [1.54, 1.807) is 11.8 Å². The fraction of sp³-hybridized carbons (Fsp3) is 0.389. The molecular weight excluding hydrogens is 388 g/mol. The Kier molecular flexibility index (Phi) is 6.25. The van der Waals surface area contributed by atoms with Gasteiger partial charge in [0.1, 0.15) is 5.00 Å². The van der Waals surface area contributed by atoms with E-state index in [0.29, 0.717) is 41.7 Å². The molecule has 2 aromatic rings. The van der Waals surface area contributed by atoms with Crippen molar-refractivity contribution in [3.8, 4) is 0 Å². The molecule has 1 N–H and O–H groups in total. The van der Waals surface area contributed by atoms with Crippen LogP contribution in [0.2, 0.25) is 0 Å². The molecule has 0 aromatic carbocycles. The minimum absolute atomic E-state index is 0.162. The van der Waals surface area contributed by atoms with Crippen LogP contribution in [0.3, 0.4) is 0 Å². The number of ether oxygens (including phenoxy) is 2. The molecule has 2 aromatic heterocycles. The lowest BCUT2D eigenvalue weighted by atomic mass is 10.1. The first kappa shape index (κ1) is 19.5. The lowest BCUT2D eigenvalue weighted by Gasteiger charge is -2.26. The van der Waals surface area contributed by atoms with E-state index in [0.717, 1.165) is 16.2 Å². The second-order valence-corrected chi connectivity index (χ2v) is 8.01. The number of carbonyl (C=O) groups excluding carboxylic acids is 3. The van der Waals surface area contributed by atoms with Gasteiger partial charge < -0.3 is 19.7 Å². The topological polar surface area (TPSA) is 84.9 Å². The molecule has 0 radical (unpaired) electrons. The molecule has 0 bridgehead atoms. The minimum Gasteiger partial charge on any atom is -0.465 e. The molecule has 9 heteroatoms. The second-order valence-electron chi connectivity index (χ2n) is 5.96. The van der Waals surface area contributed by atoms with E-state index in [1.807, 2.05) is 17.5 Å². The lowest BCUT2D eigenvalue weighted by Crippen LogP contribution is -2.40. The molecule has 0 saturated carbocycles. The average Bonchev–Trinajstić information content (AvgIpc) is 3.29. The maximum atomic E-state index is 12.9. The highest BCUT2D eigenvalue weighted by molar-refractivity contribution is 7.18.